The van der Waals surface area contributed by atoms with Gasteiger partial charge in [-0.05, 0) is 31.3 Å². The molecule has 142 valence electrons. The highest BCUT2D eigenvalue weighted by molar-refractivity contribution is 6.09. The number of halogens is 1. The van der Waals surface area contributed by atoms with Gasteiger partial charge in [0, 0.05) is 12.2 Å². The van der Waals surface area contributed by atoms with E-state index in [1.165, 1.54) is 17.0 Å². The summed E-state index contributed by atoms with van der Waals surface area (Å²) in [5, 5.41) is 2.51. The molecule has 1 aliphatic rings. The SMILES string of the molecule is CCN(CC)[C@@H](C(N)=O)C(=O)Nc1ccc(N2CCOCC2=O)c(F)c1. The van der Waals surface area contributed by atoms with Crippen LogP contribution in [-0.2, 0) is 19.1 Å². The fourth-order valence-corrected chi connectivity index (χ4v) is 2.85. The fourth-order valence-electron chi connectivity index (χ4n) is 2.85. The van der Waals surface area contributed by atoms with Crippen molar-refractivity contribution in [1.29, 1.82) is 0 Å². The zero-order chi connectivity index (χ0) is 19.3. The second-order valence-corrected chi connectivity index (χ2v) is 5.78. The lowest BCUT2D eigenvalue weighted by atomic mass is 10.2. The number of hydrogen-bond acceptors (Lipinski definition) is 5. The largest absolute Gasteiger partial charge is 0.370 e. The summed E-state index contributed by atoms with van der Waals surface area (Å²) in [5.41, 5.74) is 5.63. The summed E-state index contributed by atoms with van der Waals surface area (Å²) in [4.78, 5) is 38.8. The van der Waals surface area contributed by atoms with Crippen molar-refractivity contribution in [1.82, 2.24) is 4.90 Å². The molecule has 0 radical (unpaired) electrons. The predicted octanol–water partition coefficient (Wildman–Crippen LogP) is 0.323. The number of carbonyl (C=O) groups is 3. The second kappa shape index (κ2) is 8.72. The Hall–Kier alpha value is -2.52. The molecule has 1 aromatic carbocycles. The molecule has 0 aliphatic carbocycles. The normalized spacial score (nSPS) is 15.8. The topological polar surface area (TPSA) is 105 Å². The van der Waals surface area contributed by atoms with Crippen molar-refractivity contribution >= 4 is 29.1 Å². The molecule has 1 aromatic rings. The molecule has 0 aromatic heterocycles. The van der Waals surface area contributed by atoms with Gasteiger partial charge < -0.3 is 20.7 Å². The number of primary amides is 1. The molecule has 1 saturated heterocycles. The lowest BCUT2D eigenvalue weighted by Gasteiger charge is -2.28. The summed E-state index contributed by atoms with van der Waals surface area (Å²) in [7, 11) is 0. The number of carbonyl (C=O) groups excluding carboxylic acids is 3. The molecular formula is C17H23FN4O4. The predicted molar refractivity (Wildman–Crippen MR) is 94.1 cm³/mol. The smallest absolute Gasteiger partial charge is 0.253 e. The van der Waals surface area contributed by atoms with Crippen LogP contribution in [0.3, 0.4) is 0 Å². The van der Waals surface area contributed by atoms with Crippen LogP contribution in [0.15, 0.2) is 18.2 Å². The van der Waals surface area contributed by atoms with Crippen LogP contribution in [0.5, 0.6) is 0 Å². The molecule has 3 N–H and O–H groups in total. The van der Waals surface area contributed by atoms with Gasteiger partial charge in [-0.3, -0.25) is 19.3 Å². The maximum absolute atomic E-state index is 14.4. The summed E-state index contributed by atoms with van der Waals surface area (Å²) in [6.07, 6.45) is 0. The molecule has 3 amide bonds. The molecule has 26 heavy (non-hydrogen) atoms. The third kappa shape index (κ3) is 4.36. The Balaban J connectivity index is 2.16. The molecule has 9 heteroatoms. The number of hydrogen-bond donors (Lipinski definition) is 2. The highest BCUT2D eigenvalue weighted by atomic mass is 19.1. The van der Waals surface area contributed by atoms with Crippen LogP contribution < -0.4 is 16.0 Å². The lowest BCUT2D eigenvalue weighted by molar-refractivity contribution is -0.132. The minimum absolute atomic E-state index is 0.0951. The Morgan fingerprint density at radius 3 is 2.62 bits per heavy atom. The molecule has 1 aliphatic heterocycles. The third-order valence-electron chi connectivity index (χ3n) is 4.19. The molecule has 0 unspecified atom stereocenters. The Labute approximate surface area is 151 Å². The van der Waals surface area contributed by atoms with Gasteiger partial charge in [0.05, 0.1) is 12.3 Å². The number of nitrogens with two attached hydrogens (primary N) is 1. The monoisotopic (exact) mass is 366 g/mol. The van der Waals surface area contributed by atoms with E-state index >= 15 is 0 Å². The number of benzene rings is 1. The highest BCUT2D eigenvalue weighted by Crippen LogP contribution is 2.24. The average Bonchev–Trinajstić information content (AvgIpc) is 2.60. The second-order valence-electron chi connectivity index (χ2n) is 5.78. The van der Waals surface area contributed by atoms with Gasteiger partial charge in [0.1, 0.15) is 12.4 Å². The van der Waals surface area contributed by atoms with E-state index < -0.39 is 23.7 Å². The van der Waals surface area contributed by atoms with Gasteiger partial charge in [0.25, 0.3) is 11.8 Å². The zero-order valence-electron chi connectivity index (χ0n) is 14.8. The molecule has 8 nitrogen and oxygen atoms in total. The Morgan fingerprint density at radius 2 is 2.08 bits per heavy atom. The van der Waals surface area contributed by atoms with Crippen LogP contribution in [-0.4, -0.2) is 61.5 Å². The number of nitrogens with zero attached hydrogens (tertiary/aromatic N) is 2. The maximum atomic E-state index is 14.4. The number of morpholine rings is 1. The number of rotatable bonds is 7. The lowest BCUT2D eigenvalue weighted by Crippen LogP contribution is -2.52. The van der Waals surface area contributed by atoms with Crippen LogP contribution in [0.25, 0.3) is 0 Å². The van der Waals surface area contributed by atoms with Crippen molar-refractivity contribution in [2.75, 3.05) is 43.1 Å². The number of ether oxygens (including phenoxy) is 1. The first kappa shape index (κ1) is 19.8. The van der Waals surface area contributed by atoms with E-state index in [0.717, 1.165) is 6.07 Å². The van der Waals surface area contributed by atoms with E-state index in [1.807, 2.05) is 0 Å². The molecular weight excluding hydrogens is 343 g/mol. The van der Waals surface area contributed by atoms with Gasteiger partial charge in [-0.25, -0.2) is 4.39 Å². The van der Waals surface area contributed by atoms with Gasteiger partial charge in [-0.15, -0.1) is 0 Å². The summed E-state index contributed by atoms with van der Waals surface area (Å²) in [6, 6.07) is 2.84. The Kier molecular flexibility index (Phi) is 6.64. The van der Waals surface area contributed by atoms with Crippen molar-refractivity contribution in [2.24, 2.45) is 5.73 Å². The van der Waals surface area contributed by atoms with Crippen LogP contribution in [0, 0.1) is 5.82 Å². The van der Waals surface area contributed by atoms with Crippen LogP contribution in [0.2, 0.25) is 0 Å². The number of likely N-dealkylation sites (N-methyl/N-ethyl adjacent to an activating group) is 1. The van der Waals surface area contributed by atoms with Crippen LogP contribution in [0.1, 0.15) is 13.8 Å². The number of amides is 3. The van der Waals surface area contributed by atoms with Crippen LogP contribution >= 0.6 is 0 Å². The fraction of sp³-hybridized carbons (Fsp3) is 0.471. The molecule has 1 fully saturated rings. The third-order valence-corrected chi connectivity index (χ3v) is 4.19. The maximum Gasteiger partial charge on any atom is 0.253 e. The number of nitrogens with one attached hydrogen (secondary N) is 1. The molecule has 2 rings (SSSR count). The first-order valence-electron chi connectivity index (χ1n) is 8.40. The van der Waals surface area contributed by atoms with Gasteiger partial charge >= 0.3 is 0 Å². The van der Waals surface area contributed by atoms with Gasteiger partial charge in [0.15, 0.2) is 6.04 Å². The van der Waals surface area contributed by atoms with Crippen molar-refractivity contribution in [3.63, 3.8) is 0 Å². The van der Waals surface area contributed by atoms with E-state index in [-0.39, 0.29) is 30.4 Å². The summed E-state index contributed by atoms with van der Waals surface area (Å²) in [6.45, 7) is 5.03. The van der Waals surface area contributed by atoms with Gasteiger partial charge in [-0.1, -0.05) is 13.8 Å². The van der Waals surface area contributed by atoms with Crippen molar-refractivity contribution in [3.05, 3.63) is 24.0 Å². The first-order valence-corrected chi connectivity index (χ1v) is 8.40. The minimum atomic E-state index is -1.14. The summed E-state index contributed by atoms with van der Waals surface area (Å²) < 4.78 is 19.4. The van der Waals surface area contributed by atoms with E-state index in [1.54, 1.807) is 18.7 Å². The Morgan fingerprint density at radius 1 is 1.38 bits per heavy atom. The average molecular weight is 366 g/mol. The molecule has 0 saturated carbocycles. The molecule has 1 heterocycles. The quantitative estimate of drug-likeness (QED) is 0.677. The Bertz CT molecular complexity index is 693. The van der Waals surface area contributed by atoms with E-state index in [9.17, 15) is 18.8 Å². The van der Waals surface area contributed by atoms with Gasteiger partial charge in [0.2, 0.25) is 5.91 Å². The van der Waals surface area contributed by atoms with Crippen molar-refractivity contribution < 1.29 is 23.5 Å². The van der Waals surface area contributed by atoms with Gasteiger partial charge in [-0.2, -0.15) is 0 Å². The molecule has 0 spiro atoms. The summed E-state index contributed by atoms with van der Waals surface area (Å²) >= 11 is 0. The zero-order valence-corrected chi connectivity index (χ0v) is 14.8. The van der Waals surface area contributed by atoms with Crippen molar-refractivity contribution in [3.8, 4) is 0 Å². The first-order chi connectivity index (χ1) is 12.4. The standard InChI is InChI=1S/C17H23FN4O4/c1-3-21(4-2)15(16(19)24)17(25)20-11-5-6-13(12(18)9-11)22-7-8-26-10-14(22)23/h5-6,9,15H,3-4,7-8,10H2,1-2H3,(H2,19,24)(H,20,25)/t15-/m0/s1. The van der Waals surface area contributed by atoms with E-state index in [2.05, 4.69) is 5.32 Å². The van der Waals surface area contributed by atoms with Crippen molar-refractivity contribution in [2.45, 2.75) is 19.9 Å². The highest BCUT2D eigenvalue weighted by Gasteiger charge is 2.30. The minimum Gasteiger partial charge on any atom is -0.370 e. The van der Waals surface area contributed by atoms with E-state index in [0.29, 0.717) is 19.7 Å². The summed E-state index contributed by atoms with van der Waals surface area (Å²) in [5.74, 6) is -2.39. The molecule has 1 atom stereocenters. The van der Waals surface area contributed by atoms with E-state index in [4.69, 9.17) is 10.5 Å². The molecule has 0 bridgehead atoms. The van der Waals surface area contributed by atoms with Crippen LogP contribution in [0.4, 0.5) is 15.8 Å². The number of anilines is 2.